The first-order valence-corrected chi connectivity index (χ1v) is 10.8. The van der Waals surface area contributed by atoms with Crippen molar-refractivity contribution in [1.29, 1.82) is 0 Å². The Labute approximate surface area is 176 Å². The lowest BCUT2D eigenvalue weighted by atomic mass is 9.99. The van der Waals surface area contributed by atoms with E-state index < -0.39 is 0 Å². The molecular weight excluding hydrogens is 382 g/mol. The first-order chi connectivity index (χ1) is 14.6. The molecule has 160 valence electrons. The standard InChI is InChI=1S/C22H29N5O3/c1-3-30-22(29)27-14-12-26(13-15-27)21(28)19-17-6-4-5-7-18(17)20(24-23-19)25-10-8-16(2)9-11-25/h4-7,16H,3,8-15H2,1-2H3. The third-order valence-electron chi connectivity index (χ3n) is 6.05. The number of carbonyl (C=O) groups excluding carboxylic acids is 2. The van der Waals surface area contributed by atoms with Crippen LogP contribution in [-0.2, 0) is 4.74 Å². The summed E-state index contributed by atoms with van der Waals surface area (Å²) in [5.74, 6) is 1.46. The zero-order valence-corrected chi connectivity index (χ0v) is 17.7. The fraction of sp³-hybridized carbons (Fsp3) is 0.545. The fourth-order valence-corrected chi connectivity index (χ4v) is 4.16. The number of hydrogen-bond acceptors (Lipinski definition) is 6. The number of hydrogen-bond donors (Lipinski definition) is 0. The van der Waals surface area contributed by atoms with Gasteiger partial charge in [0.25, 0.3) is 5.91 Å². The van der Waals surface area contributed by atoms with Crippen LogP contribution in [0.5, 0.6) is 0 Å². The van der Waals surface area contributed by atoms with E-state index in [1.165, 1.54) is 0 Å². The van der Waals surface area contributed by atoms with E-state index in [4.69, 9.17) is 4.74 Å². The number of ether oxygens (including phenoxy) is 1. The Morgan fingerprint density at radius 3 is 2.27 bits per heavy atom. The second-order valence-corrected chi connectivity index (χ2v) is 8.07. The van der Waals surface area contributed by atoms with Gasteiger partial charge in [-0.25, -0.2) is 4.79 Å². The van der Waals surface area contributed by atoms with Crippen molar-refractivity contribution in [2.75, 3.05) is 50.8 Å². The fourth-order valence-electron chi connectivity index (χ4n) is 4.16. The van der Waals surface area contributed by atoms with Crippen LogP contribution in [0, 0.1) is 5.92 Å². The predicted molar refractivity (Wildman–Crippen MR) is 115 cm³/mol. The highest BCUT2D eigenvalue weighted by Crippen LogP contribution is 2.29. The Balaban J connectivity index is 1.54. The third kappa shape index (κ3) is 4.04. The predicted octanol–water partition coefficient (Wildman–Crippen LogP) is 2.78. The minimum atomic E-state index is -0.324. The number of amides is 2. The number of nitrogens with zero attached hydrogens (tertiary/aromatic N) is 5. The van der Waals surface area contributed by atoms with E-state index in [2.05, 4.69) is 22.0 Å². The molecule has 1 aromatic carbocycles. The number of piperazine rings is 1. The van der Waals surface area contributed by atoms with E-state index in [1.807, 2.05) is 24.3 Å². The SMILES string of the molecule is CCOC(=O)N1CCN(C(=O)c2nnc(N3CCC(C)CC3)c3ccccc23)CC1. The van der Waals surface area contributed by atoms with Gasteiger partial charge in [-0.05, 0) is 25.7 Å². The number of anilines is 1. The molecule has 0 spiro atoms. The summed E-state index contributed by atoms with van der Waals surface area (Å²) in [5.41, 5.74) is 0.379. The molecule has 2 fully saturated rings. The molecular formula is C22H29N5O3. The minimum absolute atomic E-state index is 0.138. The van der Waals surface area contributed by atoms with Crippen LogP contribution in [0.3, 0.4) is 0 Å². The summed E-state index contributed by atoms with van der Waals surface area (Å²) in [6, 6.07) is 7.88. The number of piperidine rings is 1. The summed E-state index contributed by atoms with van der Waals surface area (Å²) in [5, 5.41) is 10.7. The lowest BCUT2D eigenvalue weighted by Gasteiger charge is -2.34. The maximum absolute atomic E-state index is 13.2. The maximum atomic E-state index is 13.2. The van der Waals surface area contributed by atoms with Gasteiger partial charge in [0.2, 0.25) is 0 Å². The number of carbonyl (C=O) groups is 2. The summed E-state index contributed by atoms with van der Waals surface area (Å²) in [6.45, 7) is 8.17. The molecule has 1 aromatic heterocycles. The zero-order valence-electron chi connectivity index (χ0n) is 17.7. The van der Waals surface area contributed by atoms with Crippen LogP contribution in [-0.4, -0.2) is 77.9 Å². The molecule has 0 radical (unpaired) electrons. The lowest BCUT2D eigenvalue weighted by Crippen LogP contribution is -2.51. The first-order valence-electron chi connectivity index (χ1n) is 10.8. The van der Waals surface area contributed by atoms with E-state index in [1.54, 1.807) is 16.7 Å². The molecule has 2 saturated heterocycles. The maximum Gasteiger partial charge on any atom is 0.409 e. The molecule has 0 bridgehead atoms. The molecule has 0 unspecified atom stereocenters. The van der Waals surface area contributed by atoms with Crippen LogP contribution in [0.1, 0.15) is 37.2 Å². The topological polar surface area (TPSA) is 78.9 Å². The zero-order chi connectivity index (χ0) is 21.1. The molecule has 0 saturated carbocycles. The van der Waals surface area contributed by atoms with Crippen molar-refractivity contribution in [3.8, 4) is 0 Å². The van der Waals surface area contributed by atoms with Crippen molar-refractivity contribution < 1.29 is 14.3 Å². The summed E-state index contributed by atoms with van der Waals surface area (Å²) in [6.07, 6.45) is 1.96. The number of rotatable bonds is 3. The van der Waals surface area contributed by atoms with Crippen molar-refractivity contribution in [2.24, 2.45) is 5.92 Å². The first kappa shape index (κ1) is 20.4. The van der Waals surface area contributed by atoms with E-state index >= 15 is 0 Å². The van der Waals surface area contributed by atoms with Gasteiger partial charge in [-0.1, -0.05) is 31.2 Å². The Morgan fingerprint density at radius 1 is 0.967 bits per heavy atom. The number of benzene rings is 1. The highest BCUT2D eigenvalue weighted by molar-refractivity contribution is 6.07. The lowest BCUT2D eigenvalue weighted by molar-refractivity contribution is 0.0567. The second-order valence-electron chi connectivity index (χ2n) is 8.07. The van der Waals surface area contributed by atoms with Crippen molar-refractivity contribution in [2.45, 2.75) is 26.7 Å². The van der Waals surface area contributed by atoms with E-state index in [0.717, 1.165) is 48.4 Å². The van der Waals surface area contributed by atoms with Crippen molar-refractivity contribution in [1.82, 2.24) is 20.0 Å². The second kappa shape index (κ2) is 8.85. The average molecular weight is 412 g/mol. The molecule has 2 aliphatic rings. The minimum Gasteiger partial charge on any atom is -0.450 e. The van der Waals surface area contributed by atoms with Gasteiger partial charge in [-0.3, -0.25) is 4.79 Å². The molecule has 3 heterocycles. The summed E-state index contributed by atoms with van der Waals surface area (Å²) >= 11 is 0. The van der Waals surface area contributed by atoms with E-state index in [0.29, 0.717) is 38.5 Å². The van der Waals surface area contributed by atoms with Crippen molar-refractivity contribution in [3.05, 3.63) is 30.0 Å². The van der Waals surface area contributed by atoms with Crippen LogP contribution in [0.25, 0.3) is 10.8 Å². The smallest absolute Gasteiger partial charge is 0.409 e. The molecule has 2 amide bonds. The van der Waals surface area contributed by atoms with Gasteiger partial charge in [0.1, 0.15) is 0 Å². The van der Waals surface area contributed by atoms with Gasteiger partial charge in [0.05, 0.1) is 6.61 Å². The van der Waals surface area contributed by atoms with Crippen molar-refractivity contribution in [3.63, 3.8) is 0 Å². The molecule has 0 atom stereocenters. The third-order valence-corrected chi connectivity index (χ3v) is 6.05. The summed E-state index contributed by atoms with van der Waals surface area (Å²) < 4.78 is 5.05. The van der Waals surface area contributed by atoms with Gasteiger partial charge in [0.15, 0.2) is 11.5 Å². The van der Waals surface area contributed by atoms with Crippen LogP contribution in [0.15, 0.2) is 24.3 Å². The Morgan fingerprint density at radius 2 is 1.60 bits per heavy atom. The van der Waals surface area contributed by atoms with Gasteiger partial charge in [-0.2, -0.15) is 0 Å². The van der Waals surface area contributed by atoms with Gasteiger partial charge >= 0.3 is 6.09 Å². The highest BCUT2D eigenvalue weighted by atomic mass is 16.6. The number of aromatic nitrogens is 2. The molecule has 8 heteroatoms. The van der Waals surface area contributed by atoms with Crippen LogP contribution in [0.4, 0.5) is 10.6 Å². The Hall–Kier alpha value is -2.90. The Kier molecular flexibility index (Phi) is 6.01. The monoisotopic (exact) mass is 411 g/mol. The molecule has 0 aliphatic carbocycles. The Bertz CT molecular complexity index is 918. The van der Waals surface area contributed by atoms with Crippen molar-refractivity contribution >= 4 is 28.6 Å². The average Bonchev–Trinajstić information content (AvgIpc) is 2.79. The van der Waals surface area contributed by atoms with Gasteiger partial charge in [-0.15, -0.1) is 10.2 Å². The van der Waals surface area contributed by atoms with Crippen LogP contribution >= 0.6 is 0 Å². The summed E-state index contributed by atoms with van der Waals surface area (Å²) in [7, 11) is 0. The molecule has 0 N–H and O–H groups in total. The quantitative estimate of drug-likeness (QED) is 0.773. The van der Waals surface area contributed by atoms with E-state index in [9.17, 15) is 9.59 Å². The molecule has 2 aliphatic heterocycles. The molecule has 30 heavy (non-hydrogen) atoms. The molecule has 4 rings (SSSR count). The van der Waals surface area contributed by atoms with Crippen LogP contribution in [0.2, 0.25) is 0 Å². The normalized spacial score (nSPS) is 18.0. The molecule has 2 aromatic rings. The number of fused-ring (bicyclic) bond motifs is 1. The van der Waals surface area contributed by atoms with Gasteiger partial charge < -0.3 is 19.4 Å². The highest BCUT2D eigenvalue weighted by Gasteiger charge is 2.28. The summed E-state index contributed by atoms with van der Waals surface area (Å²) in [4.78, 5) is 30.8. The van der Waals surface area contributed by atoms with Crippen LogP contribution < -0.4 is 4.90 Å². The molecule has 8 nitrogen and oxygen atoms in total. The van der Waals surface area contributed by atoms with E-state index in [-0.39, 0.29) is 12.0 Å². The van der Waals surface area contributed by atoms with Gasteiger partial charge in [0, 0.05) is 50.0 Å². The largest absolute Gasteiger partial charge is 0.450 e.